The Morgan fingerprint density at radius 3 is 2.38 bits per heavy atom. The van der Waals surface area contributed by atoms with Gasteiger partial charge in [0.2, 0.25) is 0 Å². The SMILES string of the molecule is CC(N)CCN1CC(C)SC(C)C1. The minimum Gasteiger partial charge on any atom is -0.328 e. The van der Waals surface area contributed by atoms with Crippen LogP contribution in [0.25, 0.3) is 0 Å². The van der Waals surface area contributed by atoms with Crippen LogP contribution in [0.3, 0.4) is 0 Å². The average molecular weight is 202 g/mol. The van der Waals surface area contributed by atoms with Gasteiger partial charge in [0.1, 0.15) is 0 Å². The highest BCUT2D eigenvalue weighted by Gasteiger charge is 2.21. The predicted molar refractivity (Wildman–Crippen MR) is 61.2 cm³/mol. The van der Waals surface area contributed by atoms with E-state index in [0.717, 1.165) is 16.9 Å². The number of rotatable bonds is 3. The summed E-state index contributed by atoms with van der Waals surface area (Å²) >= 11 is 2.11. The summed E-state index contributed by atoms with van der Waals surface area (Å²) in [7, 11) is 0. The van der Waals surface area contributed by atoms with E-state index in [2.05, 4.69) is 37.4 Å². The highest BCUT2D eigenvalue weighted by molar-refractivity contribution is 8.00. The molecule has 1 heterocycles. The zero-order chi connectivity index (χ0) is 9.84. The van der Waals surface area contributed by atoms with Gasteiger partial charge in [-0.15, -0.1) is 0 Å². The third-order valence-corrected chi connectivity index (χ3v) is 3.62. The summed E-state index contributed by atoms with van der Waals surface area (Å²) in [4.78, 5) is 2.55. The second kappa shape index (κ2) is 5.23. The van der Waals surface area contributed by atoms with E-state index in [1.54, 1.807) is 0 Å². The summed E-state index contributed by atoms with van der Waals surface area (Å²) < 4.78 is 0. The molecule has 1 fully saturated rings. The molecule has 3 heteroatoms. The highest BCUT2D eigenvalue weighted by Crippen LogP contribution is 2.24. The predicted octanol–water partition coefficient (Wildman–Crippen LogP) is 1.55. The molecule has 0 saturated carbocycles. The summed E-state index contributed by atoms with van der Waals surface area (Å²) in [5, 5.41) is 1.58. The molecule has 0 aromatic carbocycles. The molecule has 0 amide bonds. The van der Waals surface area contributed by atoms with Crippen LogP contribution < -0.4 is 5.73 Å². The summed E-state index contributed by atoms with van der Waals surface area (Å²) in [6.45, 7) is 10.4. The van der Waals surface area contributed by atoms with Gasteiger partial charge in [0.25, 0.3) is 0 Å². The third-order valence-electron chi connectivity index (χ3n) is 2.40. The van der Waals surface area contributed by atoms with Crippen molar-refractivity contribution in [3.05, 3.63) is 0 Å². The molecule has 0 bridgehead atoms. The lowest BCUT2D eigenvalue weighted by atomic mass is 10.2. The lowest BCUT2D eigenvalue weighted by Gasteiger charge is -2.34. The summed E-state index contributed by atoms with van der Waals surface area (Å²) in [6.07, 6.45) is 1.13. The molecule has 1 aliphatic heterocycles. The molecule has 3 unspecified atom stereocenters. The molecule has 2 N–H and O–H groups in total. The van der Waals surface area contributed by atoms with Crippen LogP contribution in [-0.2, 0) is 0 Å². The van der Waals surface area contributed by atoms with Gasteiger partial charge >= 0.3 is 0 Å². The van der Waals surface area contributed by atoms with E-state index in [-0.39, 0.29) is 0 Å². The molecule has 0 aromatic heterocycles. The first-order valence-corrected chi connectivity index (χ1v) is 6.15. The van der Waals surface area contributed by atoms with E-state index in [1.165, 1.54) is 19.6 Å². The van der Waals surface area contributed by atoms with Gasteiger partial charge in [-0.1, -0.05) is 13.8 Å². The van der Waals surface area contributed by atoms with Crippen LogP contribution in [0.5, 0.6) is 0 Å². The Kier molecular flexibility index (Phi) is 4.56. The van der Waals surface area contributed by atoms with E-state index in [0.29, 0.717) is 6.04 Å². The van der Waals surface area contributed by atoms with Gasteiger partial charge in [0, 0.05) is 29.6 Å². The van der Waals surface area contributed by atoms with Crippen molar-refractivity contribution >= 4 is 11.8 Å². The molecule has 78 valence electrons. The van der Waals surface area contributed by atoms with Crippen LogP contribution >= 0.6 is 11.8 Å². The number of thioether (sulfide) groups is 1. The second-order valence-electron chi connectivity index (χ2n) is 4.28. The number of nitrogens with two attached hydrogens (primary N) is 1. The zero-order valence-corrected chi connectivity index (χ0v) is 9.81. The normalized spacial score (nSPS) is 33.2. The quantitative estimate of drug-likeness (QED) is 0.753. The standard InChI is InChI=1S/C10H22N2S/c1-8(11)4-5-12-6-9(2)13-10(3)7-12/h8-10H,4-7,11H2,1-3H3. The van der Waals surface area contributed by atoms with Crippen molar-refractivity contribution in [2.24, 2.45) is 5.73 Å². The monoisotopic (exact) mass is 202 g/mol. The molecule has 2 nitrogen and oxygen atoms in total. The van der Waals surface area contributed by atoms with Gasteiger partial charge in [0.15, 0.2) is 0 Å². The Morgan fingerprint density at radius 1 is 1.38 bits per heavy atom. The molecular weight excluding hydrogens is 180 g/mol. The van der Waals surface area contributed by atoms with Crippen LogP contribution in [0.15, 0.2) is 0 Å². The van der Waals surface area contributed by atoms with Gasteiger partial charge in [0.05, 0.1) is 0 Å². The van der Waals surface area contributed by atoms with Crippen molar-refractivity contribution in [1.29, 1.82) is 0 Å². The van der Waals surface area contributed by atoms with E-state index in [1.807, 2.05) is 0 Å². The lowest BCUT2D eigenvalue weighted by molar-refractivity contribution is 0.262. The Bertz CT molecular complexity index is 140. The molecule has 0 radical (unpaired) electrons. The lowest BCUT2D eigenvalue weighted by Crippen LogP contribution is -2.41. The van der Waals surface area contributed by atoms with Crippen LogP contribution in [0.1, 0.15) is 27.2 Å². The maximum Gasteiger partial charge on any atom is 0.0149 e. The second-order valence-corrected chi connectivity index (χ2v) is 6.16. The Hall–Kier alpha value is 0.270. The Balaban J connectivity index is 2.25. The molecule has 0 aliphatic carbocycles. The molecule has 1 saturated heterocycles. The van der Waals surface area contributed by atoms with Gasteiger partial charge in [-0.3, -0.25) is 0 Å². The van der Waals surface area contributed by atoms with Gasteiger partial charge in [-0.25, -0.2) is 0 Å². The number of nitrogens with zero attached hydrogens (tertiary/aromatic N) is 1. The van der Waals surface area contributed by atoms with Crippen molar-refractivity contribution in [2.45, 2.75) is 43.7 Å². The van der Waals surface area contributed by atoms with Crippen LogP contribution in [0, 0.1) is 0 Å². The van der Waals surface area contributed by atoms with Crippen molar-refractivity contribution in [3.8, 4) is 0 Å². The average Bonchev–Trinajstić information content (AvgIpc) is 1.99. The molecule has 0 spiro atoms. The van der Waals surface area contributed by atoms with E-state index < -0.39 is 0 Å². The van der Waals surface area contributed by atoms with Gasteiger partial charge in [-0.2, -0.15) is 11.8 Å². The summed E-state index contributed by atoms with van der Waals surface area (Å²) in [6, 6.07) is 0.347. The van der Waals surface area contributed by atoms with Crippen molar-refractivity contribution in [3.63, 3.8) is 0 Å². The minimum atomic E-state index is 0.347. The fourth-order valence-electron chi connectivity index (χ4n) is 1.85. The zero-order valence-electron chi connectivity index (χ0n) is 8.99. The Labute approximate surface area is 86.2 Å². The molecule has 1 rings (SSSR count). The van der Waals surface area contributed by atoms with Crippen LogP contribution in [-0.4, -0.2) is 41.1 Å². The van der Waals surface area contributed by atoms with E-state index in [9.17, 15) is 0 Å². The number of hydrogen-bond acceptors (Lipinski definition) is 3. The fraction of sp³-hybridized carbons (Fsp3) is 1.00. The maximum absolute atomic E-state index is 5.75. The topological polar surface area (TPSA) is 29.3 Å². The van der Waals surface area contributed by atoms with Crippen molar-refractivity contribution in [1.82, 2.24) is 4.90 Å². The molecule has 3 atom stereocenters. The Morgan fingerprint density at radius 2 is 1.92 bits per heavy atom. The smallest absolute Gasteiger partial charge is 0.0149 e. The van der Waals surface area contributed by atoms with Gasteiger partial charge < -0.3 is 10.6 Å². The fourth-order valence-corrected chi connectivity index (χ4v) is 3.24. The van der Waals surface area contributed by atoms with E-state index >= 15 is 0 Å². The van der Waals surface area contributed by atoms with Crippen molar-refractivity contribution in [2.75, 3.05) is 19.6 Å². The molecule has 0 aromatic rings. The summed E-state index contributed by atoms with van der Waals surface area (Å²) in [5.74, 6) is 0. The first kappa shape index (κ1) is 11.3. The molecule has 13 heavy (non-hydrogen) atoms. The minimum absolute atomic E-state index is 0.347. The first-order chi connectivity index (χ1) is 6.08. The first-order valence-electron chi connectivity index (χ1n) is 5.21. The van der Waals surface area contributed by atoms with Gasteiger partial charge in [-0.05, 0) is 19.9 Å². The van der Waals surface area contributed by atoms with Crippen LogP contribution in [0.4, 0.5) is 0 Å². The maximum atomic E-state index is 5.75. The van der Waals surface area contributed by atoms with E-state index in [4.69, 9.17) is 5.73 Å². The highest BCUT2D eigenvalue weighted by atomic mass is 32.2. The molecule has 1 aliphatic rings. The number of hydrogen-bond donors (Lipinski definition) is 1. The van der Waals surface area contributed by atoms with Crippen molar-refractivity contribution < 1.29 is 0 Å². The third kappa shape index (κ3) is 4.34. The molecular formula is C10H22N2S. The summed E-state index contributed by atoms with van der Waals surface area (Å²) in [5.41, 5.74) is 5.75. The largest absolute Gasteiger partial charge is 0.328 e. The van der Waals surface area contributed by atoms with Crippen LogP contribution in [0.2, 0.25) is 0 Å².